The molecule has 0 aliphatic carbocycles. The highest BCUT2D eigenvalue weighted by Crippen LogP contribution is 2.39. The number of carbonyl (C=O) groups excluding carboxylic acids is 1. The predicted octanol–water partition coefficient (Wildman–Crippen LogP) is 1.45. The molecule has 1 aliphatic heterocycles. The van der Waals surface area contributed by atoms with E-state index in [0.29, 0.717) is 5.56 Å². The highest BCUT2D eigenvalue weighted by atomic mass is 79.9. The maximum absolute atomic E-state index is 11.5. The van der Waals surface area contributed by atoms with Gasteiger partial charge in [0.1, 0.15) is 0 Å². The summed E-state index contributed by atoms with van der Waals surface area (Å²) >= 11 is 3.06. The van der Waals surface area contributed by atoms with Gasteiger partial charge in [-0.05, 0) is 28.1 Å². The average molecular weight is 287 g/mol. The Bertz CT molecular complexity index is 457. The minimum Gasteiger partial charge on any atom is -0.479 e. The van der Waals surface area contributed by atoms with Gasteiger partial charge in [-0.2, -0.15) is 0 Å². The molecule has 1 aliphatic rings. The van der Waals surface area contributed by atoms with Crippen LogP contribution in [0.15, 0.2) is 18.2 Å². The summed E-state index contributed by atoms with van der Waals surface area (Å²) in [5, 5.41) is 7.76. The first-order chi connectivity index (χ1) is 7.59. The van der Waals surface area contributed by atoms with Crippen molar-refractivity contribution in [1.82, 2.24) is 0 Å². The number of ketones is 1. The minimum atomic E-state index is -1.09. The van der Waals surface area contributed by atoms with Crippen LogP contribution >= 0.6 is 15.9 Å². The molecule has 16 heavy (non-hydrogen) atoms. The Hall–Kier alpha value is -1.56. The lowest BCUT2D eigenvalue weighted by atomic mass is 10.1. The molecule has 1 unspecified atom stereocenters. The van der Waals surface area contributed by atoms with E-state index >= 15 is 0 Å². The number of hydrogen-bond donors (Lipinski definition) is 1. The fourth-order valence-electron chi connectivity index (χ4n) is 1.36. The first-order valence-corrected chi connectivity index (χ1v) is 5.33. The van der Waals surface area contributed by atoms with Crippen molar-refractivity contribution in [2.75, 3.05) is 6.61 Å². The summed E-state index contributed by atoms with van der Waals surface area (Å²) in [6.45, 7) is -0.471. The van der Waals surface area contributed by atoms with Crippen LogP contribution < -0.4 is 9.47 Å². The Morgan fingerprint density at radius 3 is 3.00 bits per heavy atom. The van der Waals surface area contributed by atoms with Crippen LogP contribution in [0, 0.1) is 0 Å². The van der Waals surface area contributed by atoms with E-state index in [1.54, 1.807) is 18.2 Å². The normalized spacial score (nSPS) is 17.8. The van der Waals surface area contributed by atoms with Gasteiger partial charge < -0.3 is 14.6 Å². The van der Waals surface area contributed by atoms with Gasteiger partial charge in [0.15, 0.2) is 18.1 Å². The molecule has 0 radical (unpaired) electrons. The third-order valence-corrected chi connectivity index (χ3v) is 2.63. The van der Waals surface area contributed by atoms with E-state index in [0.717, 1.165) is 0 Å². The molecule has 2 rings (SSSR count). The van der Waals surface area contributed by atoms with E-state index in [9.17, 15) is 9.59 Å². The Morgan fingerprint density at radius 2 is 2.31 bits per heavy atom. The van der Waals surface area contributed by atoms with Gasteiger partial charge in [0.05, 0.1) is 5.56 Å². The lowest BCUT2D eigenvalue weighted by Crippen LogP contribution is -2.11. The quantitative estimate of drug-likeness (QED) is 0.852. The van der Waals surface area contributed by atoms with Crippen LogP contribution in [-0.2, 0) is 4.79 Å². The number of halogens is 1. The zero-order valence-corrected chi connectivity index (χ0v) is 9.56. The molecule has 0 spiro atoms. The molecule has 1 atom stereocenters. The van der Waals surface area contributed by atoms with E-state index in [2.05, 4.69) is 15.9 Å². The van der Waals surface area contributed by atoms with Crippen LogP contribution in [0.2, 0.25) is 0 Å². The molecule has 0 saturated heterocycles. The van der Waals surface area contributed by atoms with E-state index in [1.807, 2.05) is 0 Å². The number of ether oxygens (including phenoxy) is 2. The van der Waals surface area contributed by atoms with Gasteiger partial charge in [0.25, 0.3) is 0 Å². The van der Waals surface area contributed by atoms with Crippen molar-refractivity contribution in [2.24, 2.45) is 0 Å². The number of para-hydroxylation sites is 1. The second-order valence-electron chi connectivity index (χ2n) is 3.11. The number of carboxylic acids is 1. The van der Waals surface area contributed by atoms with Gasteiger partial charge in [-0.25, -0.2) is 4.79 Å². The van der Waals surface area contributed by atoms with Crippen LogP contribution in [-0.4, -0.2) is 28.5 Å². The third-order valence-electron chi connectivity index (χ3n) is 2.02. The summed E-state index contributed by atoms with van der Waals surface area (Å²) in [7, 11) is 0. The standard InChI is InChI=1S/C10H7BrO5/c11-10-8(14)5-2-1-3-6(9(5)16-10)15-4-7(12)13/h1-3,10H,4H2,(H,12,13). The SMILES string of the molecule is O=C(O)COc1cccc2c1OC(Br)C2=O. The number of hydrogen-bond acceptors (Lipinski definition) is 4. The molecule has 0 amide bonds. The predicted molar refractivity (Wildman–Crippen MR) is 57.2 cm³/mol. The highest BCUT2D eigenvalue weighted by Gasteiger charge is 2.32. The Morgan fingerprint density at radius 1 is 1.56 bits per heavy atom. The first kappa shape index (κ1) is 10.9. The van der Waals surface area contributed by atoms with E-state index < -0.39 is 17.6 Å². The molecule has 84 valence electrons. The van der Waals surface area contributed by atoms with Crippen molar-refractivity contribution in [3.05, 3.63) is 23.8 Å². The molecule has 1 N–H and O–H groups in total. The molecular weight excluding hydrogens is 280 g/mol. The van der Waals surface area contributed by atoms with Gasteiger partial charge >= 0.3 is 5.97 Å². The van der Waals surface area contributed by atoms with Gasteiger partial charge in [-0.15, -0.1) is 0 Å². The zero-order valence-electron chi connectivity index (χ0n) is 7.97. The molecule has 1 heterocycles. The van der Waals surface area contributed by atoms with Gasteiger partial charge in [-0.3, -0.25) is 4.79 Å². The molecule has 0 fully saturated rings. The number of Topliss-reactive ketones (excluding diaryl/α,β-unsaturated/α-hetero) is 1. The Labute approximate surface area is 99.1 Å². The molecule has 6 heteroatoms. The molecule has 1 aromatic carbocycles. The summed E-state index contributed by atoms with van der Waals surface area (Å²) in [5.74, 6) is -0.737. The van der Waals surface area contributed by atoms with Crippen molar-refractivity contribution in [1.29, 1.82) is 0 Å². The van der Waals surface area contributed by atoms with Crippen LogP contribution in [0.5, 0.6) is 11.5 Å². The lowest BCUT2D eigenvalue weighted by molar-refractivity contribution is -0.139. The summed E-state index contributed by atoms with van der Waals surface area (Å²) in [4.78, 5) is 21.9. The number of alkyl halides is 1. The zero-order chi connectivity index (χ0) is 11.7. The van der Waals surface area contributed by atoms with Crippen LogP contribution in [0.1, 0.15) is 10.4 Å². The van der Waals surface area contributed by atoms with E-state index in [-0.39, 0.29) is 17.3 Å². The number of fused-ring (bicyclic) bond motifs is 1. The van der Waals surface area contributed by atoms with E-state index in [1.165, 1.54) is 0 Å². The molecule has 0 bridgehead atoms. The maximum Gasteiger partial charge on any atom is 0.341 e. The van der Waals surface area contributed by atoms with Crippen molar-refractivity contribution in [3.63, 3.8) is 0 Å². The van der Waals surface area contributed by atoms with Gasteiger partial charge in [0, 0.05) is 0 Å². The summed E-state index contributed by atoms with van der Waals surface area (Å²) in [6.07, 6.45) is 0. The first-order valence-electron chi connectivity index (χ1n) is 4.42. The fraction of sp³-hybridized carbons (Fsp3) is 0.200. The second-order valence-corrected chi connectivity index (χ2v) is 3.95. The monoisotopic (exact) mass is 286 g/mol. The summed E-state index contributed by atoms with van der Waals surface area (Å²) in [6, 6.07) is 4.77. The van der Waals surface area contributed by atoms with Crippen molar-refractivity contribution in [2.45, 2.75) is 5.01 Å². The molecule has 0 saturated carbocycles. The fourth-order valence-corrected chi connectivity index (χ4v) is 1.80. The average Bonchev–Trinajstić information content (AvgIpc) is 2.53. The Kier molecular flexibility index (Phi) is 2.82. The smallest absolute Gasteiger partial charge is 0.341 e. The van der Waals surface area contributed by atoms with Gasteiger partial charge in [-0.1, -0.05) is 6.07 Å². The molecular formula is C10H7BrO5. The van der Waals surface area contributed by atoms with Gasteiger partial charge in [0.2, 0.25) is 10.8 Å². The molecule has 1 aromatic rings. The van der Waals surface area contributed by atoms with Crippen LogP contribution in [0.25, 0.3) is 0 Å². The van der Waals surface area contributed by atoms with Crippen molar-refractivity contribution in [3.8, 4) is 11.5 Å². The number of rotatable bonds is 3. The topological polar surface area (TPSA) is 72.8 Å². The second kappa shape index (κ2) is 4.13. The lowest BCUT2D eigenvalue weighted by Gasteiger charge is -2.07. The van der Waals surface area contributed by atoms with E-state index in [4.69, 9.17) is 14.6 Å². The van der Waals surface area contributed by atoms with Crippen molar-refractivity contribution >= 4 is 27.7 Å². The number of aliphatic carboxylic acids is 1. The third kappa shape index (κ3) is 1.88. The number of carbonyl (C=O) groups is 2. The van der Waals surface area contributed by atoms with Crippen molar-refractivity contribution < 1.29 is 24.2 Å². The van der Waals surface area contributed by atoms with Crippen LogP contribution in [0.3, 0.4) is 0 Å². The highest BCUT2D eigenvalue weighted by molar-refractivity contribution is 9.09. The molecule has 0 aromatic heterocycles. The molecule has 5 nitrogen and oxygen atoms in total. The largest absolute Gasteiger partial charge is 0.479 e. The summed E-state index contributed by atoms with van der Waals surface area (Å²) < 4.78 is 10.2. The summed E-state index contributed by atoms with van der Waals surface area (Å²) in [5.41, 5.74) is 0.393. The minimum absolute atomic E-state index is 0.198. The van der Waals surface area contributed by atoms with Crippen LogP contribution in [0.4, 0.5) is 0 Å². The Balaban J connectivity index is 2.29. The maximum atomic E-state index is 11.5. The number of benzene rings is 1. The number of carboxylic acid groups (broad SMARTS) is 1.